The van der Waals surface area contributed by atoms with E-state index >= 15 is 0 Å². The van der Waals surface area contributed by atoms with Crippen LogP contribution in [0.15, 0.2) is 53.1 Å². The third kappa shape index (κ3) is 4.47. The molecule has 0 radical (unpaired) electrons. The Balaban J connectivity index is 1.58. The molecule has 3 aromatic rings. The van der Waals surface area contributed by atoms with Gasteiger partial charge in [0.15, 0.2) is 0 Å². The number of hydrogen-bond donors (Lipinski definition) is 1. The van der Waals surface area contributed by atoms with Crippen LogP contribution in [0.3, 0.4) is 0 Å². The van der Waals surface area contributed by atoms with Crippen LogP contribution >= 0.6 is 0 Å². The number of aromatic nitrogens is 2. The molecule has 26 heavy (non-hydrogen) atoms. The lowest BCUT2D eigenvalue weighted by Gasteiger charge is -2.10. The Morgan fingerprint density at radius 1 is 1.15 bits per heavy atom. The van der Waals surface area contributed by atoms with Gasteiger partial charge in [0.1, 0.15) is 5.75 Å². The van der Waals surface area contributed by atoms with E-state index in [9.17, 15) is 4.79 Å². The van der Waals surface area contributed by atoms with Crippen molar-refractivity contribution in [2.75, 3.05) is 11.9 Å². The van der Waals surface area contributed by atoms with E-state index in [4.69, 9.17) is 9.26 Å². The van der Waals surface area contributed by atoms with Crippen molar-refractivity contribution in [1.29, 1.82) is 0 Å². The first kappa shape index (κ1) is 17.7. The Labute approximate surface area is 152 Å². The van der Waals surface area contributed by atoms with Gasteiger partial charge in [-0.1, -0.05) is 47.1 Å². The summed E-state index contributed by atoms with van der Waals surface area (Å²) in [6, 6.07) is 15.2. The minimum atomic E-state index is -0.132. The number of para-hydroxylation sites is 2. The molecular weight excluding hydrogens is 330 g/mol. The number of anilines is 1. The molecule has 0 saturated heterocycles. The van der Waals surface area contributed by atoms with E-state index < -0.39 is 0 Å². The van der Waals surface area contributed by atoms with Crippen LogP contribution in [0.2, 0.25) is 0 Å². The van der Waals surface area contributed by atoms with Crippen LogP contribution < -0.4 is 10.1 Å². The number of nitrogens with one attached hydrogen (secondary N) is 1. The van der Waals surface area contributed by atoms with E-state index in [1.165, 1.54) is 5.56 Å². The van der Waals surface area contributed by atoms with Gasteiger partial charge in [-0.3, -0.25) is 4.79 Å². The Morgan fingerprint density at radius 3 is 2.69 bits per heavy atom. The fourth-order valence-corrected chi connectivity index (χ4v) is 2.46. The largest absolute Gasteiger partial charge is 0.492 e. The van der Waals surface area contributed by atoms with Crippen LogP contribution in [-0.2, 0) is 11.2 Å². The highest BCUT2D eigenvalue weighted by Crippen LogP contribution is 2.24. The molecule has 0 atom stereocenters. The van der Waals surface area contributed by atoms with Gasteiger partial charge in [-0.15, -0.1) is 0 Å². The summed E-state index contributed by atoms with van der Waals surface area (Å²) in [4.78, 5) is 16.6. The van der Waals surface area contributed by atoms with Gasteiger partial charge in [0.05, 0.1) is 12.3 Å². The zero-order valence-electron chi connectivity index (χ0n) is 14.9. The number of rotatable bonds is 7. The lowest BCUT2D eigenvalue weighted by atomic mass is 10.1. The van der Waals surface area contributed by atoms with E-state index in [1.807, 2.05) is 62.4 Å². The molecule has 1 aromatic heterocycles. The molecule has 0 saturated carbocycles. The van der Waals surface area contributed by atoms with Gasteiger partial charge in [0.25, 0.3) is 0 Å². The van der Waals surface area contributed by atoms with Crippen molar-refractivity contribution < 1.29 is 14.1 Å². The van der Waals surface area contributed by atoms with Crippen molar-refractivity contribution in [2.24, 2.45) is 0 Å². The molecule has 2 aromatic carbocycles. The molecule has 0 aliphatic heterocycles. The van der Waals surface area contributed by atoms with E-state index in [0.717, 1.165) is 5.56 Å². The van der Waals surface area contributed by atoms with Gasteiger partial charge in [-0.05, 0) is 26.0 Å². The van der Waals surface area contributed by atoms with Crippen LogP contribution in [0.1, 0.15) is 24.8 Å². The van der Waals surface area contributed by atoms with Gasteiger partial charge < -0.3 is 14.6 Å². The second-order valence-corrected chi connectivity index (χ2v) is 5.86. The zero-order chi connectivity index (χ0) is 18.4. The summed E-state index contributed by atoms with van der Waals surface area (Å²) >= 11 is 0. The number of benzene rings is 2. The molecule has 6 nitrogen and oxygen atoms in total. The van der Waals surface area contributed by atoms with Gasteiger partial charge >= 0.3 is 0 Å². The number of ether oxygens (including phenoxy) is 1. The van der Waals surface area contributed by atoms with Gasteiger partial charge in [0.2, 0.25) is 17.6 Å². The maximum Gasteiger partial charge on any atom is 0.227 e. The van der Waals surface area contributed by atoms with Gasteiger partial charge in [0, 0.05) is 18.4 Å². The third-order valence-corrected chi connectivity index (χ3v) is 3.80. The normalized spacial score (nSPS) is 10.5. The van der Waals surface area contributed by atoms with Gasteiger partial charge in [-0.2, -0.15) is 4.98 Å². The van der Waals surface area contributed by atoms with Crippen LogP contribution in [0.4, 0.5) is 5.69 Å². The predicted octanol–water partition coefficient (Wildman–Crippen LogP) is 4.02. The molecule has 1 heterocycles. The molecule has 3 rings (SSSR count). The maximum atomic E-state index is 12.2. The summed E-state index contributed by atoms with van der Waals surface area (Å²) in [6.45, 7) is 4.46. The molecule has 0 fully saturated rings. The van der Waals surface area contributed by atoms with Crippen molar-refractivity contribution in [3.8, 4) is 17.1 Å². The minimum Gasteiger partial charge on any atom is -0.492 e. The average Bonchev–Trinajstić information content (AvgIpc) is 3.11. The van der Waals surface area contributed by atoms with E-state index in [0.29, 0.717) is 36.2 Å². The first-order valence-electron chi connectivity index (χ1n) is 8.57. The van der Waals surface area contributed by atoms with E-state index in [2.05, 4.69) is 15.5 Å². The summed E-state index contributed by atoms with van der Waals surface area (Å²) < 4.78 is 10.8. The molecule has 0 aliphatic rings. The highest BCUT2D eigenvalue weighted by atomic mass is 16.5. The highest BCUT2D eigenvalue weighted by Gasteiger charge is 2.12. The summed E-state index contributed by atoms with van der Waals surface area (Å²) in [5.74, 6) is 1.49. The molecular formula is C20H21N3O3. The fourth-order valence-electron chi connectivity index (χ4n) is 2.46. The molecule has 0 bridgehead atoms. The van der Waals surface area contributed by atoms with Crippen molar-refractivity contribution in [2.45, 2.75) is 26.7 Å². The second kappa shape index (κ2) is 8.29. The molecule has 134 valence electrons. The Kier molecular flexibility index (Phi) is 5.63. The SMILES string of the molecule is CCOc1ccccc1NC(=O)CCc1nc(-c2ccc(C)cc2)no1. The van der Waals surface area contributed by atoms with Gasteiger partial charge in [-0.25, -0.2) is 0 Å². The number of nitrogens with zero attached hydrogens (tertiary/aromatic N) is 2. The number of aryl methyl sites for hydroxylation is 2. The van der Waals surface area contributed by atoms with Crippen molar-refractivity contribution in [3.63, 3.8) is 0 Å². The van der Waals surface area contributed by atoms with Crippen molar-refractivity contribution in [3.05, 3.63) is 60.0 Å². The summed E-state index contributed by atoms with van der Waals surface area (Å²) in [7, 11) is 0. The molecule has 0 spiro atoms. The first-order chi connectivity index (χ1) is 12.7. The van der Waals surface area contributed by atoms with Crippen LogP contribution in [0, 0.1) is 6.92 Å². The van der Waals surface area contributed by atoms with Crippen LogP contribution in [-0.4, -0.2) is 22.7 Å². The van der Waals surface area contributed by atoms with E-state index in [1.54, 1.807) is 0 Å². The van der Waals surface area contributed by atoms with Crippen molar-refractivity contribution in [1.82, 2.24) is 10.1 Å². The number of amides is 1. The van der Waals surface area contributed by atoms with Crippen molar-refractivity contribution >= 4 is 11.6 Å². The van der Waals surface area contributed by atoms with Crippen LogP contribution in [0.5, 0.6) is 5.75 Å². The smallest absolute Gasteiger partial charge is 0.227 e. The summed E-state index contributed by atoms with van der Waals surface area (Å²) in [5.41, 5.74) is 2.72. The summed E-state index contributed by atoms with van der Waals surface area (Å²) in [6.07, 6.45) is 0.623. The van der Waals surface area contributed by atoms with E-state index in [-0.39, 0.29) is 12.3 Å². The Morgan fingerprint density at radius 2 is 1.92 bits per heavy atom. The van der Waals surface area contributed by atoms with Crippen LogP contribution in [0.25, 0.3) is 11.4 Å². The quantitative estimate of drug-likeness (QED) is 0.696. The molecule has 1 amide bonds. The monoisotopic (exact) mass is 351 g/mol. The maximum absolute atomic E-state index is 12.2. The summed E-state index contributed by atoms with van der Waals surface area (Å²) in [5, 5.41) is 6.84. The lowest BCUT2D eigenvalue weighted by Crippen LogP contribution is -2.13. The second-order valence-electron chi connectivity index (χ2n) is 5.86. The first-order valence-corrected chi connectivity index (χ1v) is 8.57. The number of carbonyl (C=O) groups excluding carboxylic acids is 1. The fraction of sp³-hybridized carbons (Fsp3) is 0.250. The topological polar surface area (TPSA) is 77.2 Å². The minimum absolute atomic E-state index is 0.132. The Bertz CT molecular complexity index is 872. The number of carbonyl (C=O) groups is 1. The standard InChI is InChI=1S/C20H21N3O3/c1-3-25-17-7-5-4-6-16(17)21-18(24)12-13-19-22-20(23-26-19)15-10-8-14(2)9-11-15/h4-11H,3,12-13H2,1-2H3,(H,21,24). The lowest BCUT2D eigenvalue weighted by molar-refractivity contribution is -0.116. The molecule has 1 N–H and O–H groups in total. The predicted molar refractivity (Wildman–Crippen MR) is 99.0 cm³/mol. The highest BCUT2D eigenvalue weighted by molar-refractivity contribution is 5.92. The number of hydrogen-bond acceptors (Lipinski definition) is 5. The third-order valence-electron chi connectivity index (χ3n) is 3.80. The molecule has 6 heteroatoms. The average molecular weight is 351 g/mol. The zero-order valence-corrected chi connectivity index (χ0v) is 14.9. The molecule has 0 unspecified atom stereocenters. The molecule has 0 aliphatic carbocycles. The Hall–Kier alpha value is -3.15.